The first kappa shape index (κ1) is 19.6. The summed E-state index contributed by atoms with van der Waals surface area (Å²) in [5, 5.41) is 2.92. The minimum Gasteiger partial charge on any atom is -0.343 e. The summed E-state index contributed by atoms with van der Waals surface area (Å²) in [7, 11) is 0. The lowest BCUT2D eigenvalue weighted by molar-refractivity contribution is 0.102. The highest BCUT2D eigenvalue weighted by atomic mass is 16.2. The van der Waals surface area contributed by atoms with Gasteiger partial charge in [0.05, 0.1) is 0 Å². The molecular formula is C24H26N2O2. The summed E-state index contributed by atoms with van der Waals surface area (Å²) in [6, 6.07) is 19.2. The van der Waals surface area contributed by atoms with Crippen molar-refractivity contribution in [3.8, 4) is 0 Å². The average Bonchev–Trinajstić information content (AvgIpc) is 2.67. The van der Waals surface area contributed by atoms with E-state index >= 15 is 0 Å². The molecule has 0 saturated heterocycles. The number of hydrogen-bond donors (Lipinski definition) is 1. The van der Waals surface area contributed by atoms with Crippen LogP contribution in [-0.4, -0.2) is 10.5 Å². The van der Waals surface area contributed by atoms with Crippen molar-refractivity contribution in [2.75, 3.05) is 5.32 Å². The topological polar surface area (TPSA) is 51.1 Å². The molecule has 1 amide bonds. The van der Waals surface area contributed by atoms with Crippen molar-refractivity contribution in [2.45, 2.75) is 40.2 Å². The third kappa shape index (κ3) is 4.22. The van der Waals surface area contributed by atoms with Gasteiger partial charge in [-0.1, -0.05) is 61.9 Å². The number of amides is 1. The number of anilines is 1. The van der Waals surface area contributed by atoms with Crippen LogP contribution in [0.15, 0.2) is 65.5 Å². The number of nitrogens with zero attached hydrogens (tertiary/aromatic N) is 1. The average molecular weight is 374 g/mol. The highest BCUT2D eigenvalue weighted by Gasteiger charge is 2.20. The van der Waals surface area contributed by atoms with E-state index in [1.165, 1.54) is 0 Å². The normalized spacial score (nSPS) is 10.7. The maximum atomic E-state index is 13.1. The van der Waals surface area contributed by atoms with Gasteiger partial charge in [0.1, 0.15) is 5.56 Å². The highest BCUT2D eigenvalue weighted by Crippen LogP contribution is 2.18. The molecule has 0 saturated carbocycles. The molecule has 2 aromatic carbocycles. The zero-order chi connectivity index (χ0) is 20.1. The molecule has 1 aromatic heterocycles. The van der Waals surface area contributed by atoms with Gasteiger partial charge in [-0.2, -0.15) is 0 Å². The van der Waals surface area contributed by atoms with Gasteiger partial charge in [0.15, 0.2) is 5.43 Å². The molecule has 1 heterocycles. The fourth-order valence-corrected chi connectivity index (χ4v) is 3.45. The second-order valence-electron chi connectivity index (χ2n) is 7.06. The van der Waals surface area contributed by atoms with Gasteiger partial charge in [-0.3, -0.25) is 9.59 Å². The molecule has 0 aliphatic carbocycles. The maximum absolute atomic E-state index is 13.1. The summed E-state index contributed by atoms with van der Waals surface area (Å²) in [5.74, 6) is -0.343. The first-order valence-corrected chi connectivity index (χ1v) is 9.65. The Morgan fingerprint density at radius 2 is 1.68 bits per heavy atom. The summed E-state index contributed by atoms with van der Waals surface area (Å²) < 4.78 is 2.09. The smallest absolute Gasteiger partial charge is 0.261 e. The number of nitrogens with one attached hydrogen (secondary N) is 1. The fraction of sp³-hybridized carbons (Fsp3) is 0.250. The first-order valence-electron chi connectivity index (χ1n) is 9.65. The number of pyridine rings is 1. The van der Waals surface area contributed by atoms with Crippen LogP contribution in [0.1, 0.15) is 46.2 Å². The van der Waals surface area contributed by atoms with E-state index in [9.17, 15) is 9.59 Å². The lowest BCUT2D eigenvalue weighted by atomic mass is 10.0. The maximum Gasteiger partial charge on any atom is 0.261 e. The van der Waals surface area contributed by atoms with E-state index in [1.54, 1.807) is 6.07 Å². The number of hydrogen-bond acceptors (Lipinski definition) is 2. The molecule has 0 atom stereocenters. The van der Waals surface area contributed by atoms with Crippen molar-refractivity contribution < 1.29 is 4.79 Å². The van der Waals surface area contributed by atoms with E-state index in [0.717, 1.165) is 34.6 Å². The molecule has 3 rings (SSSR count). The van der Waals surface area contributed by atoms with Crippen LogP contribution < -0.4 is 10.7 Å². The minimum atomic E-state index is -0.343. The first-order chi connectivity index (χ1) is 13.5. The second-order valence-corrected chi connectivity index (χ2v) is 7.06. The van der Waals surface area contributed by atoms with Crippen molar-refractivity contribution in [3.05, 3.63) is 99.0 Å². The van der Waals surface area contributed by atoms with Crippen molar-refractivity contribution in [1.29, 1.82) is 0 Å². The largest absolute Gasteiger partial charge is 0.343 e. The van der Waals surface area contributed by atoms with Gasteiger partial charge >= 0.3 is 0 Å². The van der Waals surface area contributed by atoms with Crippen molar-refractivity contribution in [1.82, 2.24) is 4.57 Å². The van der Waals surface area contributed by atoms with E-state index < -0.39 is 0 Å². The van der Waals surface area contributed by atoms with E-state index in [0.29, 0.717) is 13.0 Å². The molecule has 28 heavy (non-hydrogen) atoms. The summed E-state index contributed by atoms with van der Waals surface area (Å²) in [4.78, 5) is 25.9. The zero-order valence-electron chi connectivity index (χ0n) is 16.7. The minimum absolute atomic E-state index is 0.226. The number of benzene rings is 2. The SMILES string of the molecule is CCCc1c(C(=O)Nc2ccccc2C)c(=O)cc(C)n1Cc1ccccc1. The Morgan fingerprint density at radius 1 is 1.00 bits per heavy atom. The Labute approximate surface area is 165 Å². The molecule has 0 fully saturated rings. The molecule has 4 heteroatoms. The van der Waals surface area contributed by atoms with Gasteiger partial charge in [-0.15, -0.1) is 0 Å². The standard InChI is InChI=1S/C24H26N2O2/c1-4-10-21-23(24(28)25-20-14-9-8-11-17(20)2)22(27)15-18(3)26(21)16-19-12-6-5-7-13-19/h5-9,11-15H,4,10,16H2,1-3H3,(H,25,28). The van der Waals surface area contributed by atoms with Crippen molar-refractivity contribution >= 4 is 11.6 Å². The van der Waals surface area contributed by atoms with Crippen LogP contribution in [0.5, 0.6) is 0 Å². The molecule has 0 spiro atoms. The Morgan fingerprint density at radius 3 is 2.36 bits per heavy atom. The molecule has 0 aliphatic rings. The molecule has 3 aromatic rings. The van der Waals surface area contributed by atoms with Crippen LogP contribution in [-0.2, 0) is 13.0 Å². The molecule has 0 radical (unpaired) electrons. The molecular weight excluding hydrogens is 348 g/mol. The number of aromatic nitrogens is 1. The Balaban J connectivity index is 2.07. The highest BCUT2D eigenvalue weighted by molar-refractivity contribution is 6.05. The van der Waals surface area contributed by atoms with Crippen LogP contribution in [0.4, 0.5) is 5.69 Å². The van der Waals surface area contributed by atoms with Crippen molar-refractivity contribution in [3.63, 3.8) is 0 Å². The van der Waals surface area contributed by atoms with Crippen LogP contribution in [0.2, 0.25) is 0 Å². The number of aryl methyl sites for hydroxylation is 2. The number of carbonyl (C=O) groups is 1. The quantitative estimate of drug-likeness (QED) is 0.679. The van der Waals surface area contributed by atoms with Gasteiger partial charge in [0.2, 0.25) is 0 Å². The fourth-order valence-electron chi connectivity index (χ4n) is 3.45. The summed E-state index contributed by atoms with van der Waals surface area (Å²) in [5.41, 5.74) is 4.50. The van der Waals surface area contributed by atoms with Gasteiger partial charge < -0.3 is 9.88 Å². The van der Waals surface area contributed by atoms with Gasteiger partial charge in [0.25, 0.3) is 5.91 Å². The lowest BCUT2D eigenvalue weighted by Crippen LogP contribution is -2.28. The van der Waals surface area contributed by atoms with E-state index in [2.05, 4.69) is 28.9 Å². The van der Waals surface area contributed by atoms with Crippen LogP contribution >= 0.6 is 0 Å². The predicted molar refractivity (Wildman–Crippen MR) is 114 cm³/mol. The van der Waals surface area contributed by atoms with Crippen LogP contribution in [0.25, 0.3) is 0 Å². The molecule has 0 unspecified atom stereocenters. The summed E-state index contributed by atoms with van der Waals surface area (Å²) in [6.45, 7) is 6.55. The third-order valence-corrected chi connectivity index (χ3v) is 4.92. The predicted octanol–water partition coefficient (Wildman–Crippen LogP) is 4.72. The molecule has 0 bridgehead atoms. The second kappa shape index (κ2) is 8.70. The molecule has 0 aliphatic heterocycles. The van der Waals surface area contributed by atoms with Gasteiger partial charge in [-0.05, 0) is 37.5 Å². The summed E-state index contributed by atoms with van der Waals surface area (Å²) >= 11 is 0. The van der Waals surface area contributed by atoms with Gasteiger partial charge in [-0.25, -0.2) is 0 Å². The third-order valence-electron chi connectivity index (χ3n) is 4.92. The number of rotatable bonds is 6. The van der Waals surface area contributed by atoms with Crippen molar-refractivity contribution in [2.24, 2.45) is 0 Å². The molecule has 4 nitrogen and oxygen atoms in total. The monoisotopic (exact) mass is 374 g/mol. The number of para-hydroxylation sites is 1. The van der Waals surface area contributed by atoms with E-state index in [4.69, 9.17) is 0 Å². The summed E-state index contributed by atoms with van der Waals surface area (Å²) in [6.07, 6.45) is 1.52. The molecule has 144 valence electrons. The Bertz CT molecular complexity index is 1040. The zero-order valence-corrected chi connectivity index (χ0v) is 16.7. The Hall–Kier alpha value is -3.14. The Kier molecular flexibility index (Phi) is 6.09. The van der Waals surface area contributed by atoms with Crippen LogP contribution in [0, 0.1) is 13.8 Å². The van der Waals surface area contributed by atoms with Crippen LogP contribution in [0.3, 0.4) is 0 Å². The number of carbonyl (C=O) groups excluding carboxylic acids is 1. The van der Waals surface area contributed by atoms with Gasteiger partial charge in [0, 0.05) is 29.7 Å². The van der Waals surface area contributed by atoms with E-state index in [1.807, 2.05) is 56.3 Å². The molecule has 1 N–H and O–H groups in total. The van der Waals surface area contributed by atoms with E-state index in [-0.39, 0.29) is 16.9 Å². The lowest BCUT2D eigenvalue weighted by Gasteiger charge is -2.20.